The Labute approximate surface area is 112 Å². The van der Waals surface area contributed by atoms with E-state index in [4.69, 9.17) is 5.73 Å². The number of rotatable bonds is 5. The lowest BCUT2D eigenvalue weighted by Gasteiger charge is -2.09. The number of sulfonamides is 1. The molecule has 1 aromatic heterocycles. The van der Waals surface area contributed by atoms with E-state index in [1.807, 2.05) is 6.92 Å². The average Bonchev–Trinajstić information content (AvgIpc) is 2.81. The number of nitrogens with two attached hydrogens (primary N) is 1. The fourth-order valence-electron chi connectivity index (χ4n) is 1.73. The molecule has 0 bridgehead atoms. The van der Waals surface area contributed by atoms with Crippen LogP contribution in [0.4, 0.5) is 5.69 Å². The van der Waals surface area contributed by atoms with Gasteiger partial charge in [0.05, 0.1) is 5.69 Å². The van der Waals surface area contributed by atoms with Crippen LogP contribution in [0.15, 0.2) is 35.5 Å². The van der Waals surface area contributed by atoms with Gasteiger partial charge in [-0.25, -0.2) is 18.1 Å². The van der Waals surface area contributed by atoms with Crippen LogP contribution in [0.25, 0.3) is 0 Å². The molecule has 0 fully saturated rings. The lowest BCUT2D eigenvalue weighted by molar-refractivity contribution is 0.581. The number of aromatic amines is 1. The Hall–Kier alpha value is -1.86. The van der Waals surface area contributed by atoms with E-state index in [0.29, 0.717) is 6.42 Å². The Kier molecular flexibility index (Phi) is 3.87. The predicted octanol–water partition coefficient (Wildman–Crippen LogP) is 0.821. The first kappa shape index (κ1) is 13.6. The lowest BCUT2D eigenvalue weighted by Crippen LogP contribution is -2.27. The molecule has 0 aliphatic rings. The van der Waals surface area contributed by atoms with Crippen LogP contribution in [-0.4, -0.2) is 24.9 Å². The molecule has 7 heteroatoms. The SMILES string of the molecule is Cc1ccc(S(=O)(=O)NCCc2ncc[nH]2)c(N)c1. The van der Waals surface area contributed by atoms with Gasteiger partial charge < -0.3 is 10.7 Å². The summed E-state index contributed by atoms with van der Waals surface area (Å²) in [5.74, 6) is 0.736. The summed E-state index contributed by atoms with van der Waals surface area (Å²) >= 11 is 0. The number of nitrogen functional groups attached to an aromatic ring is 1. The zero-order valence-corrected chi connectivity index (χ0v) is 11.4. The highest BCUT2D eigenvalue weighted by atomic mass is 32.2. The molecule has 0 saturated carbocycles. The molecule has 1 aromatic carbocycles. The quantitative estimate of drug-likeness (QED) is 0.706. The maximum atomic E-state index is 12.1. The third kappa shape index (κ3) is 3.33. The molecule has 1 heterocycles. The molecular formula is C12H16N4O2S. The molecule has 0 aliphatic carbocycles. The van der Waals surface area contributed by atoms with Gasteiger partial charge in [-0.1, -0.05) is 6.07 Å². The van der Waals surface area contributed by atoms with Crippen LogP contribution in [0.5, 0.6) is 0 Å². The number of nitrogens with zero attached hydrogens (tertiary/aromatic N) is 1. The number of aromatic nitrogens is 2. The summed E-state index contributed by atoms with van der Waals surface area (Å²) in [4.78, 5) is 7.04. The van der Waals surface area contributed by atoms with Crippen molar-refractivity contribution in [3.63, 3.8) is 0 Å². The second kappa shape index (κ2) is 5.41. The molecule has 0 aliphatic heterocycles. The minimum absolute atomic E-state index is 0.109. The van der Waals surface area contributed by atoms with Gasteiger partial charge in [0.2, 0.25) is 10.0 Å². The molecule has 0 atom stereocenters. The monoisotopic (exact) mass is 280 g/mol. The third-order valence-electron chi connectivity index (χ3n) is 2.66. The predicted molar refractivity (Wildman–Crippen MR) is 73.1 cm³/mol. The van der Waals surface area contributed by atoms with E-state index in [0.717, 1.165) is 11.4 Å². The number of imidazole rings is 1. The van der Waals surface area contributed by atoms with Crippen LogP contribution in [0.2, 0.25) is 0 Å². The van der Waals surface area contributed by atoms with E-state index in [9.17, 15) is 8.42 Å². The van der Waals surface area contributed by atoms with Gasteiger partial charge in [0.1, 0.15) is 10.7 Å². The minimum atomic E-state index is -3.58. The zero-order chi connectivity index (χ0) is 13.9. The van der Waals surface area contributed by atoms with Crippen molar-refractivity contribution >= 4 is 15.7 Å². The molecule has 2 rings (SSSR count). The van der Waals surface area contributed by atoms with Gasteiger partial charge >= 0.3 is 0 Å². The Morgan fingerprint density at radius 1 is 1.42 bits per heavy atom. The molecular weight excluding hydrogens is 264 g/mol. The van der Waals surface area contributed by atoms with E-state index >= 15 is 0 Å². The molecule has 4 N–H and O–H groups in total. The first-order chi connectivity index (χ1) is 8.99. The van der Waals surface area contributed by atoms with Gasteiger partial charge in [-0.3, -0.25) is 0 Å². The number of nitrogens with one attached hydrogen (secondary N) is 2. The Bertz CT molecular complexity index is 650. The number of anilines is 1. The van der Waals surface area contributed by atoms with Crippen LogP contribution in [-0.2, 0) is 16.4 Å². The summed E-state index contributed by atoms with van der Waals surface area (Å²) in [6.45, 7) is 2.13. The highest BCUT2D eigenvalue weighted by molar-refractivity contribution is 7.89. The van der Waals surface area contributed by atoms with Crippen molar-refractivity contribution in [1.29, 1.82) is 0 Å². The molecule has 0 radical (unpaired) electrons. The number of H-pyrrole nitrogens is 1. The maximum Gasteiger partial charge on any atom is 0.242 e. The Morgan fingerprint density at radius 2 is 2.21 bits per heavy atom. The van der Waals surface area contributed by atoms with E-state index in [1.165, 1.54) is 6.07 Å². The fourth-order valence-corrected chi connectivity index (χ4v) is 2.87. The molecule has 0 unspecified atom stereocenters. The summed E-state index contributed by atoms with van der Waals surface area (Å²) in [7, 11) is -3.58. The second-order valence-corrected chi connectivity index (χ2v) is 5.96. The summed E-state index contributed by atoms with van der Waals surface area (Å²) < 4.78 is 26.6. The molecule has 0 spiro atoms. The molecule has 0 saturated heterocycles. The molecule has 6 nitrogen and oxygen atoms in total. The first-order valence-corrected chi connectivity index (χ1v) is 7.31. The smallest absolute Gasteiger partial charge is 0.242 e. The largest absolute Gasteiger partial charge is 0.398 e. The van der Waals surface area contributed by atoms with Crippen LogP contribution in [0, 0.1) is 6.92 Å². The fraction of sp³-hybridized carbons (Fsp3) is 0.250. The van der Waals surface area contributed by atoms with Crippen LogP contribution < -0.4 is 10.5 Å². The molecule has 102 valence electrons. The number of aryl methyl sites for hydroxylation is 1. The van der Waals surface area contributed by atoms with Gasteiger partial charge in [0, 0.05) is 25.4 Å². The van der Waals surface area contributed by atoms with Crippen LogP contribution >= 0.6 is 0 Å². The lowest BCUT2D eigenvalue weighted by atomic mass is 10.2. The minimum Gasteiger partial charge on any atom is -0.398 e. The Morgan fingerprint density at radius 3 is 2.84 bits per heavy atom. The summed E-state index contributed by atoms with van der Waals surface area (Å²) in [6, 6.07) is 4.87. The van der Waals surface area contributed by atoms with Crippen molar-refractivity contribution in [2.24, 2.45) is 0 Å². The van der Waals surface area contributed by atoms with Crippen molar-refractivity contribution in [3.05, 3.63) is 42.0 Å². The highest BCUT2D eigenvalue weighted by Gasteiger charge is 2.16. The topological polar surface area (TPSA) is 101 Å². The van der Waals surface area contributed by atoms with E-state index in [2.05, 4.69) is 14.7 Å². The van der Waals surface area contributed by atoms with Gasteiger partial charge in [-0.15, -0.1) is 0 Å². The van der Waals surface area contributed by atoms with Crippen molar-refractivity contribution in [1.82, 2.24) is 14.7 Å². The molecule has 19 heavy (non-hydrogen) atoms. The second-order valence-electron chi connectivity index (χ2n) is 4.22. The normalized spacial score (nSPS) is 11.6. The third-order valence-corrected chi connectivity index (χ3v) is 4.20. The van der Waals surface area contributed by atoms with E-state index in [-0.39, 0.29) is 17.1 Å². The molecule has 2 aromatic rings. The summed E-state index contributed by atoms with van der Waals surface area (Å²) in [6.07, 6.45) is 3.82. The van der Waals surface area contributed by atoms with Gasteiger partial charge in [0.25, 0.3) is 0 Å². The number of benzene rings is 1. The van der Waals surface area contributed by atoms with Crippen molar-refractivity contribution in [3.8, 4) is 0 Å². The van der Waals surface area contributed by atoms with E-state index in [1.54, 1.807) is 24.5 Å². The van der Waals surface area contributed by atoms with Crippen molar-refractivity contribution in [2.75, 3.05) is 12.3 Å². The molecule has 0 amide bonds. The number of hydrogen-bond acceptors (Lipinski definition) is 4. The standard InChI is InChI=1S/C12H16N4O2S/c1-9-2-3-11(10(13)8-9)19(17,18)16-5-4-12-14-6-7-15-12/h2-3,6-8,16H,4-5,13H2,1H3,(H,14,15). The van der Waals surface area contributed by atoms with E-state index < -0.39 is 10.0 Å². The van der Waals surface area contributed by atoms with Crippen LogP contribution in [0.3, 0.4) is 0 Å². The summed E-state index contributed by atoms with van der Waals surface area (Å²) in [5.41, 5.74) is 6.91. The zero-order valence-electron chi connectivity index (χ0n) is 10.6. The van der Waals surface area contributed by atoms with Crippen molar-refractivity contribution in [2.45, 2.75) is 18.2 Å². The first-order valence-electron chi connectivity index (χ1n) is 5.83. The van der Waals surface area contributed by atoms with Gasteiger partial charge in [0.15, 0.2) is 0 Å². The number of hydrogen-bond donors (Lipinski definition) is 3. The van der Waals surface area contributed by atoms with Crippen molar-refractivity contribution < 1.29 is 8.42 Å². The highest BCUT2D eigenvalue weighted by Crippen LogP contribution is 2.19. The maximum absolute atomic E-state index is 12.1. The van der Waals surface area contributed by atoms with Crippen LogP contribution in [0.1, 0.15) is 11.4 Å². The average molecular weight is 280 g/mol. The van der Waals surface area contributed by atoms with Gasteiger partial charge in [-0.05, 0) is 24.6 Å². The van der Waals surface area contributed by atoms with Gasteiger partial charge in [-0.2, -0.15) is 0 Å². The summed E-state index contributed by atoms with van der Waals surface area (Å²) in [5, 5.41) is 0. The Balaban J connectivity index is 2.05.